The van der Waals surface area contributed by atoms with Gasteiger partial charge in [-0.25, -0.2) is 0 Å². The van der Waals surface area contributed by atoms with Crippen molar-refractivity contribution < 1.29 is 9.53 Å². The molecule has 0 spiro atoms. The molecule has 4 heteroatoms. The monoisotopic (exact) mass is 339 g/mol. The number of carbonyl (C=O) groups excluding carboxylic acids is 1. The van der Waals surface area contributed by atoms with Crippen molar-refractivity contribution in [1.82, 2.24) is 5.32 Å². The summed E-state index contributed by atoms with van der Waals surface area (Å²) in [5, 5.41) is 3.13. The maximum Gasteiger partial charge on any atom is 0.251 e. The van der Waals surface area contributed by atoms with Crippen molar-refractivity contribution in [2.75, 3.05) is 7.11 Å². The minimum Gasteiger partial charge on any atom is -0.496 e. The molecule has 1 atom stereocenters. The van der Waals surface area contributed by atoms with Gasteiger partial charge in [-0.15, -0.1) is 0 Å². The summed E-state index contributed by atoms with van der Waals surface area (Å²) < 4.78 is 5.98. The minimum atomic E-state index is -0.00794. The Morgan fingerprint density at radius 3 is 2.65 bits per heavy atom. The maximum atomic E-state index is 12.3. The van der Waals surface area contributed by atoms with Crippen LogP contribution in [0.5, 0.6) is 5.75 Å². The summed E-state index contributed by atoms with van der Waals surface area (Å²) >= 11 is 3.41. The van der Waals surface area contributed by atoms with Gasteiger partial charge in [-0.2, -0.15) is 0 Å². The van der Waals surface area contributed by atoms with E-state index in [9.17, 15) is 4.79 Å². The van der Waals surface area contributed by atoms with E-state index in [4.69, 9.17) is 4.74 Å². The topological polar surface area (TPSA) is 38.3 Å². The Morgan fingerprint density at radius 1 is 1.35 bits per heavy atom. The van der Waals surface area contributed by atoms with Crippen LogP contribution in [0, 0.1) is 5.92 Å². The van der Waals surface area contributed by atoms with Gasteiger partial charge in [0.15, 0.2) is 0 Å². The summed E-state index contributed by atoms with van der Waals surface area (Å²) in [6, 6.07) is 5.65. The highest BCUT2D eigenvalue weighted by Crippen LogP contribution is 2.27. The fraction of sp³-hybridized carbons (Fsp3) is 0.562. The molecule has 1 aromatic carbocycles. The largest absolute Gasteiger partial charge is 0.496 e. The molecule has 0 aromatic heterocycles. The van der Waals surface area contributed by atoms with Crippen molar-refractivity contribution in [2.24, 2.45) is 5.92 Å². The summed E-state index contributed by atoms with van der Waals surface area (Å²) in [6.45, 7) is 2.12. The Morgan fingerprint density at radius 2 is 2.05 bits per heavy atom. The molecule has 110 valence electrons. The number of methoxy groups -OCH3 is 1. The van der Waals surface area contributed by atoms with Crippen LogP contribution >= 0.6 is 15.9 Å². The molecule has 1 amide bonds. The average molecular weight is 340 g/mol. The predicted octanol–water partition coefficient (Wildman–Crippen LogP) is 4.16. The quantitative estimate of drug-likeness (QED) is 0.894. The summed E-state index contributed by atoms with van der Waals surface area (Å²) in [6.07, 6.45) is 6.38. The number of hydrogen-bond acceptors (Lipinski definition) is 2. The van der Waals surface area contributed by atoms with Gasteiger partial charge in [0.2, 0.25) is 0 Å². The summed E-state index contributed by atoms with van der Waals surface area (Å²) in [5.41, 5.74) is 0.667. The van der Waals surface area contributed by atoms with E-state index in [0.29, 0.717) is 11.5 Å². The molecule has 0 bridgehead atoms. The van der Waals surface area contributed by atoms with E-state index in [1.165, 1.54) is 32.1 Å². The summed E-state index contributed by atoms with van der Waals surface area (Å²) in [5.74, 6) is 1.35. The van der Waals surface area contributed by atoms with Crippen molar-refractivity contribution in [3.05, 3.63) is 28.2 Å². The maximum absolute atomic E-state index is 12.3. The number of amides is 1. The molecule has 20 heavy (non-hydrogen) atoms. The smallest absolute Gasteiger partial charge is 0.251 e. The fourth-order valence-corrected chi connectivity index (χ4v) is 3.39. The molecule has 1 aromatic rings. The Kier molecular flexibility index (Phi) is 5.46. The molecule has 1 aliphatic carbocycles. The molecule has 1 unspecified atom stereocenters. The fourth-order valence-electron chi connectivity index (χ4n) is 2.85. The normalized spacial score (nSPS) is 17.6. The van der Waals surface area contributed by atoms with Crippen LogP contribution in [0.1, 0.15) is 49.4 Å². The zero-order valence-corrected chi connectivity index (χ0v) is 13.7. The molecule has 0 aliphatic heterocycles. The van der Waals surface area contributed by atoms with Crippen LogP contribution in [0.3, 0.4) is 0 Å². The molecular weight excluding hydrogens is 318 g/mol. The van der Waals surface area contributed by atoms with Crippen molar-refractivity contribution >= 4 is 21.8 Å². The van der Waals surface area contributed by atoms with Gasteiger partial charge in [-0.3, -0.25) is 4.79 Å². The lowest BCUT2D eigenvalue weighted by atomic mass is 9.84. The second kappa shape index (κ2) is 7.11. The van der Waals surface area contributed by atoms with E-state index in [-0.39, 0.29) is 11.9 Å². The number of nitrogens with one attached hydrogen (secondary N) is 1. The van der Waals surface area contributed by atoms with Crippen LogP contribution in [0.2, 0.25) is 0 Å². The third-order valence-corrected chi connectivity index (χ3v) is 4.75. The Labute approximate surface area is 129 Å². The Balaban J connectivity index is 1.98. The van der Waals surface area contributed by atoms with Gasteiger partial charge in [-0.1, -0.05) is 19.3 Å². The van der Waals surface area contributed by atoms with Gasteiger partial charge in [0.25, 0.3) is 5.91 Å². The molecule has 1 aliphatic rings. The zero-order valence-electron chi connectivity index (χ0n) is 12.1. The lowest BCUT2D eigenvalue weighted by Crippen LogP contribution is -2.38. The molecule has 1 saturated carbocycles. The van der Waals surface area contributed by atoms with Crippen molar-refractivity contribution in [2.45, 2.75) is 45.1 Å². The molecule has 3 nitrogen and oxygen atoms in total. The SMILES string of the molecule is COc1ccc(C(=O)NC(C)C2CCCCC2)cc1Br. The van der Waals surface area contributed by atoms with E-state index < -0.39 is 0 Å². The number of hydrogen-bond donors (Lipinski definition) is 1. The first kappa shape index (κ1) is 15.4. The molecular formula is C16H22BrNO2. The van der Waals surface area contributed by atoms with Gasteiger partial charge < -0.3 is 10.1 Å². The number of benzene rings is 1. The number of ether oxygens (including phenoxy) is 1. The number of halogens is 1. The van der Waals surface area contributed by atoms with E-state index in [1.807, 2.05) is 12.1 Å². The number of carbonyl (C=O) groups is 1. The van der Waals surface area contributed by atoms with Crippen molar-refractivity contribution in [3.8, 4) is 5.75 Å². The molecule has 0 radical (unpaired) electrons. The van der Waals surface area contributed by atoms with Crippen LogP contribution in [-0.2, 0) is 0 Å². The minimum absolute atomic E-state index is 0.00794. The van der Waals surface area contributed by atoms with Crippen LogP contribution in [0.15, 0.2) is 22.7 Å². The Hall–Kier alpha value is -1.03. The van der Waals surface area contributed by atoms with Crippen LogP contribution in [-0.4, -0.2) is 19.1 Å². The van der Waals surface area contributed by atoms with E-state index >= 15 is 0 Å². The lowest BCUT2D eigenvalue weighted by Gasteiger charge is -2.28. The molecule has 1 N–H and O–H groups in total. The third-order valence-electron chi connectivity index (χ3n) is 4.13. The second-order valence-electron chi connectivity index (χ2n) is 5.51. The van der Waals surface area contributed by atoms with Crippen molar-refractivity contribution in [3.63, 3.8) is 0 Å². The highest BCUT2D eigenvalue weighted by Gasteiger charge is 2.22. The standard InChI is InChI=1S/C16H22BrNO2/c1-11(12-6-4-3-5-7-12)18-16(19)13-8-9-15(20-2)14(17)10-13/h8-12H,3-7H2,1-2H3,(H,18,19). The van der Waals surface area contributed by atoms with Crippen LogP contribution in [0.4, 0.5) is 0 Å². The highest BCUT2D eigenvalue weighted by molar-refractivity contribution is 9.10. The van der Waals surface area contributed by atoms with E-state index in [1.54, 1.807) is 13.2 Å². The van der Waals surface area contributed by atoms with Gasteiger partial charge in [0.1, 0.15) is 5.75 Å². The van der Waals surface area contributed by atoms with E-state index in [2.05, 4.69) is 28.2 Å². The van der Waals surface area contributed by atoms with Gasteiger partial charge in [0, 0.05) is 11.6 Å². The van der Waals surface area contributed by atoms with Gasteiger partial charge >= 0.3 is 0 Å². The van der Waals surface area contributed by atoms with Crippen molar-refractivity contribution in [1.29, 1.82) is 0 Å². The van der Waals surface area contributed by atoms with Gasteiger partial charge in [-0.05, 0) is 59.8 Å². The first-order valence-electron chi connectivity index (χ1n) is 7.26. The predicted molar refractivity (Wildman–Crippen MR) is 84.2 cm³/mol. The van der Waals surface area contributed by atoms with Crippen LogP contribution in [0.25, 0.3) is 0 Å². The first-order chi connectivity index (χ1) is 9.61. The summed E-state index contributed by atoms with van der Waals surface area (Å²) in [4.78, 5) is 12.3. The molecule has 0 saturated heterocycles. The summed E-state index contributed by atoms with van der Waals surface area (Å²) in [7, 11) is 1.62. The van der Waals surface area contributed by atoms with Gasteiger partial charge in [0.05, 0.1) is 11.6 Å². The molecule has 0 heterocycles. The highest BCUT2D eigenvalue weighted by atomic mass is 79.9. The molecule has 1 fully saturated rings. The second-order valence-corrected chi connectivity index (χ2v) is 6.36. The molecule has 2 rings (SSSR count). The third kappa shape index (κ3) is 3.75. The van der Waals surface area contributed by atoms with Crippen LogP contribution < -0.4 is 10.1 Å². The van der Waals surface area contributed by atoms with E-state index in [0.717, 1.165) is 10.2 Å². The average Bonchev–Trinajstić information content (AvgIpc) is 2.48. The lowest BCUT2D eigenvalue weighted by molar-refractivity contribution is 0.0919. The zero-order chi connectivity index (χ0) is 14.5. The Bertz CT molecular complexity index is 470. The first-order valence-corrected chi connectivity index (χ1v) is 8.05. The number of rotatable bonds is 4.